The Morgan fingerprint density at radius 2 is 2.15 bits per heavy atom. The number of aromatic nitrogens is 1. The predicted octanol–water partition coefficient (Wildman–Crippen LogP) is 2.71. The van der Waals surface area contributed by atoms with E-state index in [2.05, 4.69) is 22.5 Å². The molecule has 0 aliphatic heterocycles. The molecular weight excluding hydrogens is 278 g/mol. The van der Waals surface area contributed by atoms with Gasteiger partial charge in [-0.2, -0.15) is 0 Å². The number of halogens is 1. The zero-order chi connectivity index (χ0) is 14.8. The van der Waals surface area contributed by atoms with E-state index in [-0.39, 0.29) is 5.91 Å². The molecule has 5 nitrogen and oxygen atoms in total. The van der Waals surface area contributed by atoms with E-state index in [4.69, 9.17) is 16.3 Å². The largest absolute Gasteiger partial charge is 0.385 e. The molecule has 2 N–H and O–H groups in total. The Morgan fingerprint density at radius 3 is 2.85 bits per heavy atom. The highest BCUT2D eigenvalue weighted by Crippen LogP contribution is 2.14. The first-order valence-electron chi connectivity index (χ1n) is 6.86. The molecule has 0 atom stereocenters. The van der Waals surface area contributed by atoms with E-state index in [0.717, 1.165) is 25.8 Å². The lowest BCUT2D eigenvalue weighted by atomic mass is 10.2. The summed E-state index contributed by atoms with van der Waals surface area (Å²) >= 11 is 5.93. The summed E-state index contributed by atoms with van der Waals surface area (Å²) in [6.45, 7) is 4.19. The maximum absolute atomic E-state index is 12.0. The summed E-state index contributed by atoms with van der Waals surface area (Å²) in [6.07, 6.45) is 2.80. The van der Waals surface area contributed by atoms with Crippen molar-refractivity contribution in [2.24, 2.45) is 0 Å². The summed E-state index contributed by atoms with van der Waals surface area (Å²) in [5.74, 6) is 0.496. The second-order valence-corrected chi connectivity index (χ2v) is 4.83. The SMILES string of the molecule is CCCNc1cc(C(=O)NCCCCOC)cc(Cl)n1. The van der Waals surface area contributed by atoms with Crippen molar-refractivity contribution >= 4 is 23.3 Å². The van der Waals surface area contributed by atoms with Crippen LogP contribution in [0.3, 0.4) is 0 Å². The van der Waals surface area contributed by atoms with Gasteiger partial charge in [-0.25, -0.2) is 4.98 Å². The maximum atomic E-state index is 12.0. The fourth-order valence-electron chi connectivity index (χ4n) is 1.65. The first-order valence-corrected chi connectivity index (χ1v) is 7.23. The minimum atomic E-state index is -0.133. The summed E-state index contributed by atoms with van der Waals surface area (Å²) in [7, 11) is 1.67. The molecule has 1 amide bonds. The third-order valence-corrected chi connectivity index (χ3v) is 2.87. The van der Waals surface area contributed by atoms with Crippen molar-refractivity contribution in [2.45, 2.75) is 26.2 Å². The maximum Gasteiger partial charge on any atom is 0.251 e. The Bertz CT molecular complexity index is 427. The molecule has 1 aromatic rings. The van der Waals surface area contributed by atoms with Gasteiger partial charge in [0.2, 0.25) is 0 Å². The van der Waals surface area contributed by atoms with Gasteiger partial charge >= 0.3 is 0 Å². The lowest BCUT2D eigenvalue weighted by Crippen LogP contribution is -2.25. The predicted molar refractivity (Wildman–Crippen MR) is 81.5 cm³/mol. The molecule has 0 unspecified atom stereocenters. The van der Waals surface area contributed by atoms with Gasteiger partial charge in [0.25, 0.3) is 5.91 Å². The molecule has 112 valence electrons. The fourth-order valence-corrected chi connectivity index (χ4v) is 1.86. The first kappa shape index (κ1) is 16.7. The van der Waals surface area contributed by atoms with E-state index in [1.165, 1.54) is 0 Å². The van der Waals surface area contributed by atoms with Crippen LogP contribution in [0.1, 0.15) is 36.5 Å². The summed E-state index contributed by atoms with van der Waals surface area (Å²) in [4.78, 5) is 16.1. The molecule has 0 fully saturated rings. The van der Waals surface area contributed by atoms with Gasteiger partial charge in [0.1, 0.15) is 11.0 Å². The van der Waals surface area contributed by atoms with Crippen molar-refractivity contribution in [3.63, 3.8) is 0 Å². The number of carbonyl (C=O) groups excluding carboxylic acids is 1. The topological polar surface area (TPSA) is 63.2 Å². The number of pyridine rings is 1. The molecule has 1 aromatic heterocycles. The molecule has 1 heterocycles. The summed E-state index contributed by atoms with van der Waals surface area (Å²) in [5.41, 5.74) is 0.523. The number of hydrogen-bond acceptors (Lipinski definition) is 4. The summed E-state index contributed by atoms with van der Waals surface area (Å²) < 4.78 is 4.96. The van der Waals surface area contributed by atoms with Crippen LogP contribution < -0.4 is 10.6 Å². The van der Waals surface area contributed by atoms with Crippen LogP contribution in [0.4, 0.5) is 5.82 Å². The molecule has 0 aliphatic carbocycles. The molecule has 0 spiro atoms. The van der Waals surface area contributed by atoms with Crippen LogP contribution >= 0.6 is 11.6 Å². The normalized spacial score (nSPS) is 10.3. The van der Waals surface area contributed by atoms with Gasteiger partial charge in [-0.1, -0.05) is 18.5 Å². The summed E-state index contributed by atoms with van der Waals surface area (Å²) in [6, 6.07) is 3.29. The van der Waals surface area contributed by atoms with Crippen molar-refractivity contribution < 1.29 is 9.53 Å². The smallest absolute Gasteiger partial charge is 0.251 e. The Balaban J connectivity index is 2.51. The van der Waals surface area contributed by atoms with E-state index < -0.39 is 0 Å². The number of unbranched alkanes of at least 4 members (excludes halogenated alkanes) is 1. The van der Waals surface area contributed by atoms with Crippen molar-refractivity contribution in [1.82, 2.24) is 10.3 Å². The minimum absolute atomic E-state index is 0.133. The second kappa shape index (κ2) is 9.55. The third kappa shape index (κ3) is 6.21. The fraction of sp³-hybridized carbons (Fsp3) is 0.571. The molecule has 6 heteroatoms. The number of ether oxygens (including phenoxy) is 1. The van der Waals surface area contributed by atoms with E-state index >= 15 is 0 Å². The van der Waals surface area contributed by atoms with Gasteiger partial charge in [-0.15, -0.1) is 0 Å². The second-order valence-electron chi connectivity index (χ2n) is 4.45. The third-order valence-electron chi connectivity index (χ3n) is 2.67. The van der Waals surface area contributed by atoms with Crippen LogP contribution in [-0.4, -0.2) is 37.7 Å². The van der Waals surface area contributed by atoms with E-state index in [0.29, 0.717) is 29.7 Å². The number of hydrogen-bond donors (Lipinski definition) is 2. The van der Waals surface area contributed by atoms with Gasteiger partial charge in [0.05, 0.1) is 0 Å². The number of methoxy groups -OCH3 is 1. The number of amides is 1. The number of anilines is 1. The highest BCUT2D eigenvalue weighted by atomic mass is 35.5. The van der Waals surface area contributed by atoms with Crippen LogP contribution in [0.2, 0.25) is 5.15 Å². The highest BCUT2D eigenvalue weighted by molar-refractivity contribution is 6.29. The van der Waals surface area contributed by atoms with E-state index in [1.54, 1.807) is 19.2 Å². The van der Waals surface area contributed by atoms with Crippen LogP contribution in [0.15, 0.2) is 12.1 Å². The average Bonchev–Trinajstić information content (AvgIpc) is 2.44. The van der Waals surface area contributed by atoms with Gasteiger partial charge in [0, 0.05) is 32.4 Å². The number of rotatable bonds is 9. The van der Waals surface area contributed by atoms with Gasteiger partial charge in [-0.05, 0) is 31.4 Å². The average molecular weight is 300 g/mol. The molecule has 20 heavy (non-hydrogen) atoms. The molecule has 0 bridgehead atoms. The molecule has 0 aromatic carbocycles. The number of nitrogens with one attached hydrogen (secondary N) is 2. The molecule has 0 aliphatic rings. The zero-order valence-electron chi connectivity index (χ0n) is 12.0. The van der Waals surface area contributed by atoms with Gasteiger partial charge in [0.15, 0.2) is 0 Å². The zero-order valence-corrected chi connectivity index (χ0v) is 12.8. The van der Waals surface area contributed by atoms with E-state index in [1.807, 2.05) is 0 Å². The Labute approximate surface area is 125 Å². The van der Waals surface area contributed by atoms with Gasteiger partial charge in [-0.3, -0.25) is 4.79 Å². The van der Waals surface area contributed by atoms with Crippen LogP contribution in [-0.2, 0) is 4.74 Å². The minimum Gasteiger partial charge on any atom is -0.385 e. The van der Waals surface area contributed by atoms with Crippen molar-refractivity contribution in [3.05, 3.63) is 22.8 Å². The molecular formula is C14H22ClN3O2. The lowest BCUT2D eigenvalue weighted by molar-refractivity contribution is 0.0951. The van der Waals surface area contributed by atoms with Crippen LogP contribution in [0, 0.1) is 0 Å². The molecule has 1 rings (SSSR count). The Morgan fingerprint density at radius 1 is 1.35 bits per heavy atom. The standard InChI is InChI=1S/C14H22ClN3O2/c1-3-6-16-13-10-11(9-12(15)18-13)14(19)17-7-4-5-8-20-2/h9-10H,3-8H2,1-2H3,(H,16,18)(H,17,19). The van der Waals surface area contributed by atoms with Crippen molar-refractivity contribution in [2.75, 3.05) is 32.1 Å². The molecule has 0 saturated carbocycles. The highest BCUT2D eigenvalue weighted by Gasteiger charge is 2.08. The quantitative estimate of drug-likeness (QED) is 0.543. The monoisotopic (exact) mass is 299 g/mol. The van der Waals surface area contributed by atoms with Crippen molar-refractivity contribution in [3.8, 4) is 0 Å². The van der Waals surface area contributed by atoms with Crippen LogP contribution in [0.25, 0.3) is 0 Å². The number of nitrogens with zero attached hydrogens (tertiary/aromatic N) is 1. The lowest BCUT2D eigenvalue weighted by Gasteiger charge is -2.08. The van der Waals surface area contributed by atoms with Gasteiger partial charge < -0.3 is 15.4 Å². The van der Waals surface area contributed by atoms with E-state index in [9.17, 15) is 4.79 Å². The molecule has 0 saturated heterocycles. The number of carbonyl (C=O) groups is 1. The summed E-state index contributed by atoms with van der Waals surface area (Å²) in [5, 5.41) is 6.30. The Hall–Kier alpha value is -1.33. The van der Waals surface area contributed by atoms with Crippen LogP contribution in [0.5, 0.6) is 0 Å². The van der Waals surface area contributed by atoms with Crippen molar-refractivity contribution in [1.29, 1.82) is 0 Å². The molecule has 0 radical (unpaired) electrons. The Kier molecular flexibility index (Phi) is 7.99. The first-order chi connectivity index (χ1) is 9.67.